The monoisotopic (exact) mass is 451 g/mol. The maximum absolute atomic E-state index is 5.89. The molecule has 0 unspecified atom stereocenters. The van der Waals surface area contributed by atoms with Crippen LogP contribution in [0, 0.1) is 6.92 Å². The predicted octanol–water partition coefficient (Wildman–Crippen LogP) is 6.42. The lowest BCUT2D eigenvalue weighted by atomic mass is 10.2. The molecule has 0 saturated heterocycles. The Hall–Kier alpha value is -0.910. The molecule has 0 heterocycles. The van der Waals surface area contributed by atoms with Crippen molar-refractivity contribution in [2.75, 3.05) is 19.8 Å². The van der Waals surface area contributed by atoms with Gasteiger partial charge in [-0.05, 0) is 79.7 Å². The van der Waals surface area contributed by atoms with Gasteiger partial charge in [-0.1, -0.05) is 28.4 Å². The van der Waals surface area contributed by atoms with E-state index in [0.29, 0.717) is 19.8 Å². The molecule has 4 nitrogen and oxygen atoms in total. The number of unbranched alkanes of at least 4 members (excludes halogenated alkanes) is 2. The molecule has 0 radical (unpaired) electrons. The number of aryl methyl sites for hydroxylation is 1. The van der Waals surface area contributed by atoms with Crippen LogP contribution in [0.5, 0.6) is 11.5 Å². The summed E-state index contributed by atoms with van der Waals surface area (Å²) < 4.78 is 12.5. The minimum Gasteiger partial charge on any atom is -0.492 e. The van der Waals surface area contributed by atoms with Gasteiger partial charge >= 0.3 is 0 Å². The van der Waals surface area contributed by atoms with Gasteiger partial charge in [0.2, 0.25) is 0 Å². The lowest BCUT2D eigenvalue weighted by Gasteiger charge is -2.13. The average Bonchev–Trinajstić information content (AvgIpc) is 2.51. The number of hydrogen-bond acceptors (Lipinski definition) is 4. The number of rotatable bonds is 11. The molecule has 0 amide bonds. The Balaban J connectivity index is 2.36. The molecule has 0 N–H and O–H groups in total. The molecule has 0 saturated carbocycles. The maximum atomic E-state index is 5.89. The van der Waals surface area contributed by atoms with Crippen molar-refractivity contribution in [3.8, 4) is 11.5 Å². The fraction of sp³-hybridized carbons (Fsp3) is 0.500. The quantitative estimate of drug-likeness (QED) is 0.221. The van der Waals surface area contributed by atoms with Crippen molar-refractivity contribution in [2.45, 2.75) is 40.0 Å². The first-order chi connectivity index (χ1) is 11.9. The first-order valence-corrected chi connectivity index (χ1v) is 9.65. The smallest absolute Gasteiger partial charge is 0.136 e. The molecule has 1 rings (SSSR count). The number of benzene rings is 1. The first kappa shape index (κ1) is 22.1. The van der Waals surface area contributed by atoms with E-state index in [-0.39, 0.29) is 4.49 Å². The molecule has 0 atom stereocenters. The zero-order valence-electron chi connectivity index (χ0n) is 14.8. The third-order valence-corrected chi connectivity index (χ3v) is 3.96. The summed E-state index contributed by atoms with van der Waals surface area (Å²) in [5.74, 6) is 1.56. The lowest BCUT2D eigenvalue weighted by molar-refractivity contribution is 0.138. The van der Waals surface area contributed by atoms with Gasteiger partial charge < -0.3 is 14.3 Å². The third-order valence-electron chi connectivity index (χ3n) is 3.06. The second-order valence-corrected chi connectivity index (χ2v) is 7.50. The highest BCUT2D eigenvalue weighted by molar-refractivity contribution is 9.10. The van der Waals surface area contributed by atoms with Gasteiger partial charge in [-0.25, -0.2) is 0 Å². The molecule has 0 bridgehead atoms. The van der Waals surface area contributed by atoms with Crippen LogP contribution in [-0.4, -0.2) is 25.5 Å². The van der Waals surface area contributed by atoms with Crippen LogP contribution in [0.2, 0.25) is 0 Å². The summed E-state index contributed by atoms with van der Waals surface area (Å²) in [5, 5.41) is 3.90. The van der Waals surface area contributed by atoms with E-state index in [0.717, 1.165) is 46.5 Å². The fourth-order valence-corrected chi connectivity index (χ4v) is 2.74. The van der Waals surface area contributed by atoms with E-state index >= 15 is 0 Å². The van der Waals surface area contributed by atoms with E-state index in [9.17, 15) is 0 Å². The second-order valence-electron chi connectivity index (χ2n) is 5.64. The van der Waals surface area contributed by atoms with Gasteiger partial charge in [0.1, 0.15) is 29.2 Å². The van der Waals surface area contributed by atoms with Gasteiger partial charge in [0, 0.05) is 0 Å². The van der Waals surface area contributed by atoms with Crippen molar-refractivity contribution < 1.29 is 14.3 Å². The fourth-order valence-electron chi connectivity index (χ4n) is 1.96. The summed E-state index contributed by atoms with van der Waals surface area (Å²) >= 11 is 14.6. The van der Waals surface area contributed by atoms with Crippen LogP contribution in [0.3, 0.4) is 0 Å². The van der Waals surface area contributed by atoms with E-state index in [1.54, 1.807) is 6.08 Å². The molecule has 1 aromatic carbocycles. The number of nitrogens with zero attached hydrogens (tertiary/aromatic N) is 1. The largest absolute Gasteiger partial charge is 0.492 e. The van der Waals surface area contributed by atoms with Gasteiger partial charge in [0.05, 0.1) is 16.8 Å². The van der Waals surface area contributed by atoms with Crippen molar-refractivity contribution in [3.05, 3.63) is 32.7 Å². The van der Waals surface area contributed by atoms with Crippen LogP contribution in [0.4, 0.5) is 0 Å². The minimum atomic E-state index is 0.192. The van der Waals surface area contributed by atoms with Crippen LogP contribution < -0.4 is 9.47 Å². The van der Waals surface area contributed by atoms with Gasteiger partial charge in [-0.2, -0.15) is 0 Å². The Labute approximate surface area is 168 Å². The zero-order chi connectivity index (χ0) is 18.7. The first-order valence-electron chi connectivity index (χ1n) is 8.10. The standard InChI is InChI=1S/C18H24BrCl2NO3/c1-13(2)22-25-9-6-4-5-8-24-18-14(3)11-15(12-16(18)19)23-10-7-17(20)21/h7,11-12H,4-6,8-10H2,1-3H3. The molecule has 25 heavy (non-hydrogen) atoms. The average molecular weight is 453 g/mol. The van der Waals surface area contributed by atoms with Gasteiger partial charge in [-0.15, -0.1) is 0 Å². The number of oxime groups is 1. The summed E-state index contributed by atoms with van der Waals surface area (Å²) in [4.78, 5) is 5.16. The molecule has 0 aliphatic heterocycles. The zero-order valence-corrected chi connectivity index (χ0v) is 17.9. The summed E-state index contributed by atoms with van der Waals surface area (Å²) in [6, 6.07) is 3.80. The lowest BCUT2D eigenvalue weighted by Crippen LogP contribution is -2.02. The van der Waals surface area contributed by atoms with Gasteiger partial charge in [-0.3, -0.25) is 0 Å². The van der Waals surface area contributed by atoms with E-state index < -0.39 is 0 Å². The highest BCUT2D eigenvalue weighted by Gasteiger charge is 2.08. The van der Waals surface area contributed by atoms with Crippen LogP contribution in [-0.2, 0) is 4.84 Å². The third kappa shape index (κ3) is 9.97. The maximum Gasteiger partial charge on any atom is 0.136 e. The Kier molecular flexibility index (Phi) is 11.0. The topological polar surface area (TPSA) is 40.0 Å². The number of hydrogen-bond donors (Lipinski definition) is 0. The van der Waals surface area contributed by atoms with Gasteiger partial charge in [0.15, 0.2) is 0 Å². The van der Waals surface area contributed by atoms with E-state index in [1.165, 1.54) is 0 Å². The molecule has 7 heteroatoms. The molecule has 1 aromatic rings. The Morgan fingerprint density at radius 2 is 1.84 bits per heavy atom. The molecular formula is C18H24BrCl2NO3. The Bertz CT molecular complexity index is 575. The van der Waals surface area contributed by atoms with Crippen molar-refractivity contribution in [3.63, 3.8) is 0 Å². The van der Waals surface area contributed by atoms with Gasteiger partial charge in [0.25, 0.3) is 0 Å². The molecule has 0 aromatic heterocycles. The molecule has 0 aliphatic rings. The summed E-state index contributed by atoms with van der Waals surface area (Å²) in [5.41, 5.74) is 1.93. The van der Waals surface area contributed by atoms with E-state index in [4.69, 9.17) is 37.5 Å². The number of halogens is 3. The van der Waals surface area contributed by atoms with E-state index in [1.807, 2.05) is 32.9 Å². The molecular weight excluding hydrogens is 429 g/mol. The normalized spacial score (nSPS) is 10.2. The second kappa shape index (κ2) is 12.4. The number of ether oxygens (including phenoxy) is 2. The van der Waals surface area contributed by atoms with Crippen molar-refractivity contribution in [1.29, 1.82) is 0 Å². The van der Waals surface area contributed by atoms with Crippen molar-refractivity contribution >= 4 is 44.8 Å². The van der Waals surface area contributed by atoms with Crippen LogP contribution >= 0.6 is 39.1 Å². The van der Waals surface area contributed by atoms with Crippen LogP contribution in [0.25, 0.3) is 0 Å². The molecule has 140 valence electrons. The highest BCUT2D eigenvalue weighted by atomic mass is 79.9. The predicted molar refractivity (Wildman–Crippen MR) is 108 cm³/mol. The molecule has 0 fully saturated rings. The summed E-state index contributed by atoms with van der Waals surface area (Å²) in [7, 11) is 0. The summed E-state index contributed by atoms with van der Waals surface area (Å²) in [6.45, 7) is 7.41. The minimum absolute atomic E-state index is 0.192. The van der Waals surface area contributed by atoms with Crippen LogP contribution in [0.15, 0.2) is 32.3 Å². The van der Waals surface area contributed by atoms with Crippen LogP contribution in [0.1, 0.15) is 38.7 Å². The highest BCUT2D eigenvalue weighted by Crippen LogP contribution is 2.33. The summed E-state index contributed by atoms with van der Waals surface area (Å²) in [6.07, 6.45) is 4.54. The van der Waals surface area contributed by atoms with E-state index in [2.05, 4.69) is 21.1 Å². The molecule has 0 spiro atoms. The Morgan fingerprint density at radius 3 is 2.48 bits per heavy atom. The SMILES string of the molecule is CC(C)=NOCCCCCOc1c(C)cc(OCC=C(Cl)Cl)cc1Br. The Morgan fingerprint density at radius 1 is 1.12 bits per heavy atom. The van der Waals surface area contributed by atoms with Crippen molar-refractivity contribution in [2.24, 2.45) is 5.16 Å². The molecule has 0 aliphatic carbocycles. The van der Waals surface area contributed by atoms with Crippen molar-refractivity contribution in [1.82, 2.24) is 0 Å².